The fraction of sp³-hybridized carbons (Fsp3) is 0.409. The third-order valence-electron chi connectivity index (χ3n) is 5.79. The number of halogens is 3. The Hall–Kier alpha value is -1.87. The van der Waals surface area contributed by atoms with Gasteiger partial charge < -0.3 is 10.2 Å². The molecule has 0 atom stereocenters. The van der Waals surface area contributed by atoms with Crippen LogP contribution in [0, 0.1) is 21.1 Å². The van der Waals surface area contributed by atoms with Gasteiger partial charge in [-0.1, -0.05) is 0 Å². The second-order valence-electron chi connectivity index (χ2n) is 8.45. The van der Waals surface area contributed by atoms with Crippen molar-refractivity contribution in [2.45, 2.75) is 17.7 Å². The zero-order valence-corrected chi connectivity index (χ0v) is 21.5. The Morgan fingerprint density at radius 2 is 1.76 bits per heavy atom. The van der Waals surface area contributed by atoms with E-state index < -0.39 is 38.1 Å². The van der Waals surface area contributed by atoms with Gasteiger partial charge in [0.05, 0.1) is 17.9 Å². The number of likely N-dealkylation sites (N-methyl/N-ethyl adjacent to an activating group) is 1. The van der Waals surface area contributed by atoms with Crippen LogP contribution in [0.25, 0.3) is 0 Å². The minimum Gasteiger partial charge on any atom is -0.352 e. The Kier molecular flexibility index (Phi) is 7.72. The second-order valence-corrected chi connectivity index (χ2v) is 11.6. The Labute approximate surface area is 210 Å². The number of amides is 1. The lowest BCUT2D eigenvalue weighted by atomic mass is 10.1. The molecule has 0 aromatic heterocycles. The predicted octanol–water partition coefficient (Wildman–Crippen LogP) is 3.32. The Morgan fingerprint density at radius 1 is 1.12 bits per heavy atom. The van der Waals surface area contributed by atoms with Crippen LogP contribution < -0.4 is 10.8 Å². The van der Waals surface area contributed by atoms with E-state index in [9.17, 15) is 13.2 Å². The molecule has 34 heavy (non-hydrogen) atoms. The highest BCUT2D eigenvalue weighted by molar-refractivity contribution is 14.1. The number of nitrogens with one attached hydrogen (secondary N) is 2. The lowest BCUT2D eigenvalue weighted by Crippen LogP contribution is -2.47. The van der Waals surface area contributed by atoms with E-state index in [0.717, 1.165) is 26.8 Å². The predicted molar refractivity (Wildman–Crippen MR) is 131 cm³/mol. The van der Waals surface area contributed by atoms with Crippen LogP contribution in [0.1, 0.15) is 23.2 Å². The maximum absolute atomic E-state index is 15.3. The summed E-state index contributed by atoms with van der Waals surface area (Å²) in [6.45, 7) is 1.47. The van der Waals surface area contributed by atoms with Gasteiger partial charge in [-0.05, 0) is 78.7 Å². The van der Waals surface area contributed by atoms with Gasteiger partial charge in [0.25, 0.3) is 5.91 Å². The van der Waals surface area contributed by atoms with Gasteiger partial charge >= 0.3 is 0 Å². The van der Waals surface area contributed by atoms with Crippen LogP contribution >= 0.6 is 22.6 Å². The maximum atomic E-state index is 15.3. The van der Waals surface area contributed by atoms with Crippen LogP contribution in [0.3, 0.4) is 0 Å². The van der Waals surface area contributed by atoms with Crippen molar-refractivity contribution in [2.75, 3.05) is 45.2 Å². The first-order valence-corrected chi connectivity index (χ1v) is 13.3. The molecule has 2 fully saturated rings. The summed E-state index contributed by atoms with van der Waals surface area (Å²) in [7, 11) is -2.53. The molecule has 0 radical (unpaired) electrons. The molecule has 12 heteroatoms. The molecule has 0 spiro atoms. The van der Waals surface area contributed by atoms with Crippen LogP contribution in [0.4, 0.5) is 20.2 Å². The SMILES string of the molecule is CN1CCN(S(=O)(=O)c2cc(C(=O)NOCC3CC3)c(Nc3ccc(I)cc3)c(F)c2F)CC1. The largest absolute Gasteiger partial charge is 0.352 e. The number of benzene rings is 2. The number of rotatable bonds is 8. The zero-order chi connectivity index (χ0) is 24.5. The highest BCUT2D eigenvalue weighted by atomic mass is 127. The Morgan fingerprint density at radius 3 is 2.38 bits per heavy atom. The Balaban J connectivity index is 1.71. The van der Waals surface area contributed by atoms with Crippen molar-refractivity contribution in [3.8, 4) is 0 Å². The van der Waals surface area contributed by atoms with E-state index in [1.54, 1.807) is 24.3 Å². The second kappa shape index (κ2) is 10.4. The van der Waals surface area contributed by atoms with Gasteiger partial charge in [0, 0.05) is 35.4 Å². The van der Waals surface area contributed by atoms with Crippen molar-refractivity contribution >= 4 is 49.9 Å². The van der Waals surface area contributed by atoms with Crippen LogP contribution in [0.5, 0.6) is 0 Å². The summed E-state index contributed by atoms with van der Waals surface area (Å²) in [5.41, 5.74) is 1.79. The van der Waals surface area contributed by atoms with E-state index in [2.05, 4.69) is 33.4 Å². The highest BCUT2D eigenvalue weighted by Gasteiger charge is 2.34. The smallest absolute Gasteiger partial charge is 0.277 e. The first-order valence-electron chi connectivity index (χ1n) is 10.8. The number of carbonyl (C=O) groups excluding carboxylic acids is 1. The topological polar surface area (TPSA) is 91.0 Å². The minimum absolute atomic E-state index is 0.134. The van der Waals surface area contributed by atoms with E-state index in [1.165, 1.54) is 0 Å². The van der Waals surface area contributed by atoms with E-state index in [-0.39, 0.29) is 18.7 Å². The van der Waals surface area contributed by atoms with Crippen LogP contribution in [0.15, 0.2) is 35.2 Å². The number of carbonyl (C=O) groups is 1. The highest BCUT2D eigenvalue weighted by Crippen LogP contribution is 2.33. The molecule has 4 rings (SSSR count). The molecule has 1 heterocycles. The first-order chi connectivity index (χ1) is 16.2. The number of anilines is 2. The fourth-order valence-corrected chi connectivity index (χ4v) is 5.37. The van der Waals surface area contributed by atoms with Crippen LogP contribution in [-0.4, -0.2) is 63.4 Å². The summed E-state index contributed by atoms with van der Waals surface area (Å²) in [6.07, 6.45) is 1.99. The standard InChI is InChI=1S/C22H25F2IN4O4S/c1-28-8-10-29(11-9-28)34(31,32)18-12-17(22(30)27-33-13-14-2-3-14)21(20(24)19(18)23)26-16-6-4-15(25)5-7-16/h4-7,12,14,26H,2-3,8-11,13H2,1H3,(H,27,30). The molecule has 2 aromatic carbocycles. The lowest BCUT2D eigenvalue weighted by Gasteiger charge is -2.31. The molecular formula is C22H25F2IN4O4S. The van der Waals surface area contributed by atoms with E-state index in [4.69, 9.17) is 4.84 Å². The van der Waals surface area contributed by atoms with E-state index in [0.29, 0.717) is 31.3 Å². The first kappa shape index (κ1) is 25.2. The minimum atomic E-state index is -4.37. The van der Waals surface area contributed by atoms with Gasteiger partial charge in [-0.3, -0.25) is 9.63 Å². The molecule has 2 aromatic rings. The molecule has 0 unspecified atom stereocenters. The quantitative estimate of drug-likeness (QED) is 0.354. The molecule has 1 aliphatic heterocycles. The monoisotopic (exact) mass is 606 g/mol. The number of piperazine rings is 1. The molecular weight excluding hydrogens is 581 g/mol. The van der Waals surface area contributed by atoms with Crippen molar-refractivity contribution in [3.63, 3.8) is 0 Å². The van der Waals surface area contributed by atoms with Crippen molar-refractivity contribution in [1.29, 1.82) is 0 Å². The van der Waals surface area contributed by atoms with Crippen molar-refractivity contribution in [1.82, 2.24) is 14.7 Å². The summed E-state index contributed by atoms with van der Waals surface area (Å²) < 4.78 is 58.9. The summed E-state index contributed by atoms with van der Waals surface area (Å²) in [6, 6.07) is 7.65. The zero-order valence-electron chi connectivity index (χ0n) is 18.5. The summed E-state index contributed by atoms with van der Waals surface area (Å²) in [5, 5.41) is 2.72. The molecule has 1 saturated heterocycles. The summed E-state index contributed by atoms with van der Waals surface area (Å²) in [5.74, 6) is -3.52. The molecule has 184 valence electrons. The average Bonchev–Trinajstić information content (AvgIpc) is 3.63. The molecule has 8 nitrogen and oxygen atoms in total. The van der Waals surface area contributed by atoms with E-state index >= 15 is 8.78 Å². The third kappa shape index (κ3) is 5.67. The van der Waals surface area contributed by atoms with Crippen molar-refractivity contribution in [3.05, 3.63) is 51.1 Å². The number of hydroxylamine groups is 1. The molecule has 1 aliphatic carbocycles. The molecule has 1 amide bonds. The summed E-state index contributed by atoms with van der Waals surface area (Å²) >= 11 is 2.10. The third-order valence-corrected chi connectivity index (χ3v) is 8.41. The van der Waals surface area contributed by atoms with Gasteiger partial charge in [-0.2, -0.15) is 4.31 Å². The number of sulfonamides is 1. The van der Waals surface area contributed by atoms with Gasteiger partial charge in [-0.15, -0.1) is 0 Å². The van der Waals surface area contributed by atoms with Gasteiger partial charge in [-0.25, -0.2) is 22.7 Å². The lowest BCUT2D eigenvalue weighted by molar-refractivity contribution is 0.0270. The molecule has 0 bridgehead atoms. The normalized spacial score (nSPS) is 17.5. The van der Waals surface area contributed by atoms with Crippen molar-refractivity contribution < 1.29 is 26.8 Å². The van der Waals surface area contributed by atoms with Gasteiger partial charge in [0.2, 0.25) is 10.0 Å². The fourth-order valence-electron chi connectivity index (χ4n) is 3.50. The van der Waals surface area contributed by atoms with Crippen molar-refractivity contribution in [2.24, 2.45) is 5.92 Å². The number of hydrogen-bond acceptors (Lipinski definition) is 6. The van der Waals surface area contributed by atoms with Gasteiger partial charge in [0.1, 0.15) is 4.90 Å². The van der Waals surface area contributed by atoms with Gasteiger partial charge in [0.15, 0.2) is 11.6 Å². The van der Waals surface area contributed by atoms with Crippen LogP contribution in [-0.2, 0) is 14.9 Å². The number of nitrogens with zero attached hydrogens (tertiary/aromatic N) is 2. The average molecular weight is 606 g/mol. The maximum Gasteiger partial charge on any atom is 0.277 e. The molecule has 1 saturated carbocycles. The molecule has 2 N–H and O–H groups in total. The Bertz CT molecular complexity index is 1170. The van der Waals surface area contributed by atoms with E-state index in [1.807, 2.05) is 11.9 Å². The number of hydrogen-bond donors (Lipinski definition) is 2. The van der Waals surface area contributed by atoms with Crippen LogP contribution in [0.2, 0.25) is 0 Å². The summed E-state index contributed by atoms with van der Waals surface area (Å²) in [4.78, 5) is 19.2. The molecule has 2 aliphatic rings.